The Morgan fingerprint density at radius 2 is 1.96 bits per heavy atom. The number of aryl methyl sites for hydroxylation is 2. The van der Waals surface area contributed by atoms with Gasteiger partial charge in [0.1, 0.15) is 11.5 Å². The normalized spacial score (nSPS) is 11.5. The number of nitro benzene ring substituents is 1. The Morgan fingerprint density at radius 1 is 1.25 bits per heavy atom. The molecule has 0 bridgehead atoms. The molecule has 0 unspecified atom stereocenters. The lowest BCUT2D eigenvalue weighted by molar-refractivity contribution is -0.385. The fourth-order valence-electron chi connectivity index (χ4n) is 2.88. The predicted molar refractivity (Wildman–Crippen MR) is 94.5 cm³/mol. The van der Waals surface area contributed by atoms with Gasteiger partial charge in [0, 0.05) is 24.2 Å². The number of halogens is 3. The number of nitro groups is 1. The van der Waals surface area contributed by atoms with Gasteiger partial charge >= 0.3 is 11.9 Å². The predicted octanol–water partition coefficient (Wildman–Crippen LogP) is 4.49. The third-order valence-electron chi connectivity index (χ3n) is 4.13. The van der Waals surface area contributed by atoms with E-state index in [0.717, 1.165) is 18.7 Å². The van der Waals surface area contributed by atoms with Crippen LogP contribution in [0.5, 0.6) is 5.75 Å². The van der Waals surface area contributed by atoms with Crippen LogP contribution in [0.2, 0.25) is 0 Å². The molecule has 0 N–H and O–H groups in total. The first-order valence-corrected chi connectivity index (χ1v) is 8.04. The number of nitrogens with zero attached hydrogens (tertiary/aromatic N) is 4. The molecule has 0 amide bonds. The molecule has 0 saturated carbocycles. The zero-order chi connectivity index (χ0) is 20.6. The number of ether oxygens (including phenoxy) is 1. The number of hydrogen-bond acceptors (Lipinski definition) is 5. The summed E-state index contributed by atoms with van der Waals surface area (Å²) in [6, 6.07) is 2.98. The number of hydrogen-bond donors (Lipinski definition) is 0. The van der Waals surface area contributed by atoms with E-state index in [1.54, 1.807) is 26.1 Å². The molecule has 146 valence electrons. The van der Waals surface area contributed by atoms with Gasteiger partial charge in [0.15, 0.2) is 5.75 Å². The molecule has 0 atom stereocenters. The molecule has 2 heterocycles. The third-order valence-corrected chi connectivity index (χ3v) is 4.13. The largest absolute Gasteiger partial charge is 0.490 e. The summed E-state index contributed by atoms with van der Waals surface area (Å²) in [5.41, 5.74) is -0.139. The minimum absolute atomic E-state index is 0.266. The van der Waals surface area contributed by atoms with Crippen molar-refractivity contribution in [1.29, 1.82) is 0 Å². The molecule has 0 spiro atoms. The Kier molecular flexibility index (Phi) is 4.80. The number of alkyl halides is 3. The monoisotopic (exact) mass is 392 g/mol. The van der Waals surface area contributed by atoms with Gasteiger partial charge in [-0.3, -0.25) is 19.7 Å². The summed E-state index contributed by atoms with van der Waals surface area (Å²) in [4.78, 5) is 19.2. The lowest BCUT2D eigenvalue weighted by atomic mass is 10.1. The molecule has 0 aliphatic carbocycles. The average molecular weight is 392 g/mol. The summed E-state index contributed by atoms with van der Waals surface area (Å²) in [6.07, 6.45) is -0.181. The van der Waals surface area contributed by atoms with Crippen LogP contribution in [0.1, 0.15) is 16.8 Å². The summed E-state index contributed by atoms with van der Waals surface area (Å²) in [6.45, 7) is 3.41. The molecule has 0 aliphatic rings. The average Bonchev–Trinajstić information content (AvgIpc) is 3.01. The molecule has 0 aliphatic heterocycles. The molecule has 28 heavy (non-hydrogen) atoms. The number of pyridine rings is 1. The van der Waals surface area contributed by atoms with Crippen molar-refractivity contribution >= 4 is 5.69 Å². The van der Waals surface area contributed by atoms with E-state index in [2.05, 4.69) is 9.97 Å². The zero-order valence-corrected chi connectivity index (χ0v) is 15.1. The Hall–Kier alpha value is -3.43. The summed E-state index contributed by atoms with van der Waals surface area (Å²) in [5.74, 6) is -0.222. The third kappa shape index (κ3) is 3.40. The van der Waals surface area contributed by atoms with Crippen molar-refractivity contribution in [2.45, 2.75) is 20.0 Å². The second kappa shape index (κ2) is 6.95. The Labute approximate surface area is 157 Å². The minimum atomic E-state index is -4.71. The minimum Gasteiger partial charge on any atom is -0.490 e. The van der Waals surface area contributed by atoms with Crippen molar-refractivity contribution in [3.05, 3.63) is 63.7 Å². The fraction of sp³-hybridized carbons (Fsp3) is 0.222. The molecule has 3 rings (SSSR count). The molecule has 10 heteroatoms. The van der Waals surface area contributed by atoms with Crippen molar-refractivity contribution in [1.82, 2.24) is 14.5 Å². The van der Waals surface area contributed by atoms with Crippen molar-refractivity contribution < 1.29 is 22.8 Å². The van der Waals surface area contributed by atoms with E-state index >= 15 is 0 Å². The van der Waals surface area contributed by atoms with Crippen LogP contribution < -0.4 is 4.74 Å². The van der Waals surface area contributed by atoms with Crippen LogP contribution in [0.15, 0.2) is 36.8 Å². The number of aromatic nitrogens is 3. The highest BCUT2D eigenvalue weighted by atomic mass is 19.4. The van der Waals surface area contributed by atoms with Crippen LogP contribution in [0, 0.1) is 24.0 Å². The van der Waals surface area contributed by atoms with Gasteiger partial charge in [-0.05, 0) is 37.6 Å². The van der Waals surface area contributed by atoms with E-state index in [1.807, 2.05) is 0 Å². The maximum Gasteiger partial charge on any atom is 0.416 e. The molecule has 0 saturated heterocycles. The number of rotatable bonds is 4. The standard InChI is InChI=1S/C18H15F3N4O3/c1-10-8-22-5-4-13(10)17-23-11(2)9-24(17)14-6-12(18(19,20)21)7-15(28-3)16(14)25(26)27/h4-9H,1-3H3. The van der Waals surface area contributed by atoms with E-state index in [0.29, 0.717) is 17.3 Å². The van der Waals surface area contributed by atoms with E-state index < -0.39 is 28.1 Å². The molecule has 1 aromatic carbocycles. The van der Waals surface area contributed by atoms with Gasteiger partial charge in [-0.1, -0.05) is 0 Å². The summed E-state index contributed by atoms with van der Waals surface area (Å²) >= 11 is 0. The maximum atomic E-state index is 13.4. The van der Waals surface area contributed by atoms with Crippen molar-refractivity contribution in [2.24, 2.45) is 0 Å². The quantitative estimate of drug-likeness (QED) is 0.483. The SMILES string of the molecule is COc1cc(C(F)(F)F)cc(-n2cc(C)nc2-c2ccncc2C)c1[N+](=O)[O-]. The van der Waals surface area contributed by atoms with Crippen molar-refractivity contribution in [3.8, 4) is 22.8 Å². The van der Waals surface area contributed by atoms with Crippen LogP contribution in [-0.4, -0.2) is 26.6 Å². The molecular formula is C18H15F3N4O3. The first-order valence-electron chi connectivity index (χ1n) is 8.04. The van der Waals surface area contributed by atoms with E-state index in [-0.39, 0.29) is 11.5 Å². The van der Waals surface area contributed by atoms with Gasteiger partial charge in [0.2, 0.25) is 0 Å². The lowest BCUT2D eigenvalue weighted by Crippen LogP contribution is -2.10. The highest BCUT2D eigenvalue weighted by Gasteiger charge is 2.36. The fourth-order valence-corrected chi connectivity index (χ4v) is 2.88. The van der Waals surface area contributed by atoms with Gasteiger partial charge in [0.25, 0.3) is 0 Å². The number of imidazole rings is 1. The molecule has 7 nitrogen and oxygen atoms in total. The molecule has 3 aromatic rings. The number of methoxy groups -OCH3 is 1. The summed E-state index contributed by atoms with van der Waals surface area (Å²) in [5, 5.41) is 11.7. The van der Waals surface area contributed by atoms with E-state index in [9.17, 15) is 23.3 Å². The van der Waals surface area contributed by atoms with Gasteiger partial charge in [-0.25, -0.2) is 4.98 Å². The van der Waals surface area contributed by atoms with Crippen LogP contribution >= 0.6 is 0 Å². The maximum absolute atomic E-state index is 13.4. The topological polar surface area (TPSA) is 83.1 Å². The van der Waals surface area contributed by atoms with Gasteiger partial charge in [-0.15, -0.1) is 0 Å². The molecule has 0 radical (unpaired) electrons. The molecular weight excluding hydrogens is 377 g/mol. The lowest BCUT2D eigenvalue weighted by Gasteiger charge is -2.15. The van der Waals surface area contributed by atoms with Crippen LogP contribution in [-0.2, 0) is 6.18 Å². The van der Waals surface area contributed by atoms with E-state index in [4.69, 9.17) is 4.74 Å². The van der Waals surface area contributed by atoms with Crippen LogP contribution in [0.4, 0.5) is 18.9 Å². The summed E-state index contributed by atoms with van der Waals surface area (Å²) < 4.78 is 46.3. The number of benzene rings is 1. The second-order valence-electron chi connectivity index (χ2n) is 6.07. The highest BCUT2D eigenvalue weighted by molar-refractivity contribution is 5.69. The van der Waals surface area contributed by atoms with Gasteiger partial charge in [-0.2, -0.15) is 13.2 Å². The van der Waals surface area contributed by atoms with Crippen molar-refractivity contribution in [3.63, 3.8) is 0 Å². The first kappa shape index (κ1) is 19.3. The van der Waals surface area contributed by atoms with E-state index in [1.165, 1.54) is 17.0 Å². The van der Waals surface area contributed by atoms with Gasteiger partial charge < -0.3 is 4.74 Å². The molecule has 0 fully saturated rings. The Bertz CT molecular complexity index is 1060. The zero-order valence-electron chi connectivity index (χ0n) is 15.1. The Morgan fingerprint density at radius 3 is 2.54 bits per heavy atom. The van der Waals surface area contributed by atoms with Crippen LogP contribution in [0.25, 0.3) is 17.1 Å². The smallest absolute Gasteiger partial charge is 0.416 e. The Balaban J connectivity index is 2.39. The van der Waals surface area contributed by atoms with Crippen LogP contribution in [0.3, 0.4) is 0 Å². The summed E-state index contributed by atoms with van der Waals surface area (Å²) in [7, 11) is 1.08. The second-order valence-corrected chi connectivity index (χ2v) is 6.07. The molecule has 2 aromatic heterocycles. The highest BCUT2D eigenvalue weighted by Crippen LogP contribution is 2.41. The van der Waals surface area contributed by atoms with Crippen molar-refractivity contribution in [2.75, 3.05) is 7.11 Å². The first-order chi connectivity index (χ1) is 13.1. The van der Waals surface area contributed by atoms with Gasteiger partial charge in [0.05, 0.1) is 23.3 Å².